The lowest BCUT2D eigenvalue weighted by atomic mass is 10.1. The van der Waals surface area contributed by atoms with Crippen molar-refractivity contribution in [3.05, 3.63) is 87.1 Å². The van der Waals surface area contributed by atoms with Gasteiger partial charge in [0.25, 0.3) is 11.5 Å². The summed E-state index contributed by atoms with van der Waals surface area (Å²) >= 11 is 0. The molecule has 3 aromatic rings. The number of hydrazone groups is 1. The van der Waals surface area contributed by atoms with Crippen LogP contribution in [0.3, 0.4) is 0 Å². The van der Waals surface area contributed by atoms with Gasteiger partial charge in [0.05, 0.1) is 17.5 Å². The second-order valence-corrected chi connectivity index (χ2v) is 6.21. The van der Waals surface area contributed by atoms with E-state index in [0.29, 0.717) is 16.3 Å². The number of halogens is 3. The van der Waals surface area contributed by atoms with Gasteiger partial charge in [-0.3, -0.25) is 14.6 Å². The van der Waals surface area contributed by atoms with Crippen molar-refractivity contribution in [1.29, 1.82) is 5.26 Å². The molecule has 0 unspecified atom stereocenters. The second kappa shape index (κ2) is 8.58. The van der Waals surface area contributed by atoms with E-state index in [1.165, 1.54) is 25.4 Å². The van der Waals surface area contributed by atoms with E-state index < -0.39 is 28.8 Å². The van der Waals surface area contributed by atoms with Crippen molar-refractivity contribution in [2.45, 2.75) is 13.1 Å². The van der Waals surface area contributed by atoms with Crippen LogP contribution in [0.5, 0.6) is 0 Å². The highest BCUT2D eigenvalue weighted by Gasteiger charge is 2.31. The maximum Gasteiger partial charge on any atom is 0.416 e. The fourth-order valence-electron chi connectivity index (χ4n) is 2.61. The van der Waals surface area contributed by atoms with Crippen molar-refractivity contribution in [1.82, 2.24) is 20.2 Å². The van der Waals surface area contributed by atoms with Gasteiger partial charge in [-0.2, -0.15) is 33.3 Å². The molecule has 1 aromatic carbocycles. The molecule has 2 heterocycles. The highest BCUT2D eigenvalue weighted by molar-refractivity contribution is 5.94. The summed E-state index contributed by atoms with van der Waals surface area (Å²) in [6.07, 6.45) is -0.276. The number of nitrogens with zero attached hydrogens (tertiary/aromatic N) is 5. The molecule has 156 valence electrons. The third-order valence-corrected chi connectivity index (χ3v) is 4.15. The van der Waals surface area contributed by atoms with E-state index in [1.54, 1.807) is 24.4 Å². The van der Waals surface area contributed by atoms with Gasteiger partial charge in [0.15, 0.2) is 5.69 Å². The molecule has 1 amide bonds. The molecule has 2 aromatic heterocycles. The van der Waals surface area contributed by atoms with Gasteiger partial charge in [0, 0.05) is 23.5 Å². The molecule has 0 radical (unpaired) electrons. The Hall–Kier alpha value is -4.33. The maximum absolute atomic E-state index is 13.0. The van der Waals surface area contributed by atoms with Crippen molar-refractivity contribution < 1.29 is 18.0 Å². The third kappa shape index (κ3) is 4.64. The van der Waals surface area contributed by atoms with Crippen LogP contribution in [0.25, 0.3) is 5.69 Å². The fourth-order valence-corrected chi connectivity index (χ4v) is 2.61. The molecule has 0 aliphatic rings. The van der Waals surface area contributed by atoms with Crippen LogP contribution < -0.4 is 11.0 Å². The van der Waals surface area contributed by atoms with Crippen LogP contribution in [-0.2, 0) is 6.18 Å². The van der Waals surface area contributed by atoms with Crippen molar-refractivity contribution >= 4 is 12.1 Å². The van der Waals surface area contributed by atoms with E-state index in [-0.39, 0.29) is 16.9 Å². The number of amides is 1. The average molecular weight is 426 g/mol. The number of benzene rings is 1. The molecular formula is C20H13F3N6O2. The largest absolute Gasteiger partial charge is 0.416 e. The summed E-state index contributed by atoms with van der Waals surface area (Å²) in [7, 11) is 0. The quantitative estimate of drug-likeness (QED) is 0.509. The summed E-state index contributed by atoms with van der Waals surface area (Å²) in [5, 5.41) is 17.0. The summed E-state index contributed by atoms with van der Waals surface area (Å²) < 4.78 is 39.7. The van der Waals surface area contributed by atoms with Crippen molar-refractivity contribution in [3.8, 4) is 11.8 Å². The van der Waals surface area contributed by atoms with Crippen molar-refractivity contribution in [3.63, 3.8) is 0 Å². The van der Waals surface area contributed by atoms with Gasteiger partial charge in [-0.25, -0.2) is 5.43 Å². The Kier molecular flexibility index (Phi) is 5.92. The lowest BCUT2D eigenvalue weighted by molar-refractivity contribution is -0.137. The van der Waals surface area contributed by atoms with Crippen LogP contribution in [0.4, 0.5) is 13.2 Å². The van der Waals surface area contributed by atoms with E-state index in [4.69, 9.17) is 0 Å². The number of hydrogen-bond donors (Lipinski definition) is 1. The number of nitrogens with one attached hydrogen (secondary N) is 1. The number of aromatic nitrogens is 3. The maximum atomic E-state index is 13.0. The van der Waals surface area contributed by atoms with E-state index in [9.17, 15) is 28.0 Å². The van der Waals surface area contributed by atoms with E-state index in [2.05, 4.69) is 20.6 Å². The molecule has 0 bridgehead atoms. The van der Waals surface area contributed by atoms with E-state index in [1.807, 2.05) is 0 Å². The summed E-state index contributed by atoms with van der Waals surface area (Å²) in [5.41, 5.74) is -0.182. The molecule has 0 fully saturated rings. The van der Waals surface area contributed by atoms with Crippen LogP contribution in [-0.4, -0.2) is 26.9 Å². The molecule has 31 heavy (non-hydrogen) atoms. The Labute approximate surface area is 173 Å². The number of nitriles is 1. The molecule has 0 aliphatic heterocycles. The summed E-state index contributed by atoms with van der Waals surface area (Å²) in [6.45, 7) is 1.34. The van der Waals surface area contributed by atoms with Crippen molar-refractivity contribution in [2.24, 2.45) is 5.10 Å². The van der Waals surface area contributed by atoms with Gasteiger partial charge in [-0.1, -0.05) is 12.1 Å². The molecule has 1 N–H and O–H groups in total. The molecule has 8 nitrogen and oxygen atoms in total. The Balaban J connectivity index is 2.03. The minimum atomic E-state index is -4.65. The fraction of sp³-hybridized carbons (Fsp3) is 0.100. The topological polar surface area (TPSA) is 113 Å². The SMILES string of the molecule is Cc1c(C(=O)N/N=C/c2cccnc2)nn(-c2cccc(C(F)(F)F)c2)c(=O)c1C#N. The van der Waals surface area contributed by atoms with Gasteiger partial charge in [-0.05, 0) is 31.2 Å². The van der Waals surface area contributed by atoms with Crippen molar-refractivity contribution in [2.75, 3.05) is 0 Å². The lowest BCUT2D eigenvalue weighted by Crippen LogP contribution is -2.31. The number of pyridine rings is 1. The normalized spacial score (nSPS) is 11.3. The summed E-state index contributed by atoms with van der Waals surface area (Å²) in [4.78, 5) is 29.0. The number of carbonyl (C=O) groups is 1. The van der Waals surface area contributed by atoms with Gasteiger partial charge < -0.3 is 0 Å². The van der Waals surface area contributed by atoms with Gasteiger partial charge in [0.1, 0.15) is 11.6 Å². The van der Waals surface area contributed by atoms with Crippen LogP contribution in [0.2, 0.25) is 0 Å². The molecule has 0 saturated carbocycles. The van der Waals surface area contributed by atoms with Crippen LogP contribution in [0.15, 0.2) is 58.7 Å². The summed E-state index contributed by atoms with van der Waals surface area (Å²) in [6, 6.07) is 8.86. The number of rotatable bonds is 4. The predicted molar refractivity (Wildman–Crippen MR) is 104 cm³/mol. The first-order valence-electron chi connectivity index (χ1n) is 8.67. The molecule has 11 heteroatoms. The first-order chi connectivity index (χ1) is 14.7. The molecule has 0 atom stereocenters. The molecule has 0 aliphatic carbocycles. The zero-order chi connectivity index (χ0) is 22.6. The highest BCUT2D eigenvalue weighted by Crippen LogP contribution is 2.30. The zero-order valence-corrected chi connectivity index (χ0v) is 15.9. The van der Waals surface area contributed by atoms with Gasteiger partial charge in [-0.15, -0.1) is 0 Å². The number of hydrogen-bond acceptors (Lipinski definition) is 6. The average Bonchev–Trinajstić information content (AvgIpc) is 2.74. The predicted octanol–water partition coefficient (Wildman–Crippen LogP) is 2.59. The Morgan fingerprint density at radius 1 is 1.29 bits per heavy atom. The van der Waals surface area contributed by atoms with Gasteiger partial charge >= 0.3 is 6.18 Å². The molecule has 0 spiro atoms. The Morgan fingerprint density at radius 3 is 2.71 bits per heavy atom. The number of alkyl halides is 3. The van der Waals surface area contributed by atoms with E-state index in [0.717, 1.165) is 12.1 Å². The van der Waals surface area contributed by atoms with Crippen LogP contribution in [0, 0.1) is 18.3 Å². The smallest absolute Gasteiger partial charge is 0.266 e. The summed E-state index contributed by atoms with van der Waals surface area (Å²) in [5.74, 6) is -0.852. The number of carbonyl (C=O) groups excluding carboxylic acids is 1. The molecule has 3 rings (SSSR count). The second-order valence-electron chi connectivity index (χ2n) is 6.21. The standard InChI is InChI=1S/C20H13F3N6O2/c1-12-16(9-24)19(31)29(15-6-2-5-14(8-15)20(21,22)23)28-17(12)18(30)27-26-11-13-4-3-7-25-10-13/h2-8,10-11H,1H3,(H,27,30)/b26-11+. The zero-order valence-electron chi connectivity index (χ0n) is 15.9. The lowest BCUT2D eigenvalue weighted by Gasteiger charge is -2.12. The highest BCUT2D eigenvalue weighted by atomic mass is 19.4. The minimum Gasteiger partial charge on any atom is -0.266 e. The monoisotopic (exact) mass is 426 g/mol. The third-order valence-electron chi connectivity index (χ3n) is 4.15. The molecule has 0 saturated heterocycles. The first-order valence-corrected chi connectivity index (χ1v) is 8.67. The minimum absolute atomic E-state index is 0.0233. The van der Waals surface area contributed by atoms with Crippen LogP contribution >= 0.6 is 0 Å². The Bertz CT molecular complexity index is 1260. The Morgan fingerprint density at radius 2 is 2.06 bits per heavy atom. The molecular weight excluding hydrogens is 413 g/mol. The first kappa shape index (κ1) is 21.4. The van der Waals surface area contributed by atoms with Crippen LogP contribution in [0.1, 0.15) is 32.7 Å². The van der Waals surface area contributed by atoms with E-state index >= 15 is 0 Å². The van der Waals surface area contributed by atoms with Gasteiger partial charge in [0.2, 0.25) is 0 Å².